The van der Waals surface area contributed by atoms with Gasteiger partial charge < -0.3 is 20.5 Å². The van der Waals surface area contributed by atoms with Crippen LogP contribution in [0.2, 0.25) is 0 Å². The molecule has 0 saturated carbocycles. The third-order valence-corrected chi connectivity index (χ3v) is 4.67. The lowest BCUT2D eigenvalue weighted by atomic mass is 10.1. The number of nitrogens with zero attached hydrogens (tertiary/aromatic N) is 2. The van der Waals surface area contributed by atoms with Crippen LogP contribution in [0.3, 0.4) is 0 Å². The number of benzene rings is 1. The van der Waals surface area contributed by atoms with Crippen LogP contribution in [0.25, 0.3) is 0 Å². The van der Waals surface area contributed by atoms with Gasteiger partial charge in [0.25, 0.3) is 0 Å². The van der Waals surface area contributed by atoms with Crippen molar-refractivity contribution < 1.29 is 18.6 Å². The molecule has 0 radical (unpaired) electrons. The van der Waals surface area contributed by atoms with Crippen LogP contribution in [0, 0.1) is 0 Å². The zero-order chi connectivity index (χ0) is 19.6. The first-order valence-electron chi connectivity index (χ1n) is 9.52. The van der Waals surface area contributed by atoms with Gasteiger partial charge in [-0.2, -0.15) is 8.78 Å². The number of ether oxygens (including phenoxy) is 1. The van der Waals surface area contributed by atoms with E-state index in [4.69, 9.17) is 0 Å². The van der Waals surface area contributed by atoms with E-state index in [-0.39, 0.29) is 12.3 Å². The number of rotatable bonds is 9. The minimum atomic E-state index is -2.86. The van der Waals surface area contributed by atoms with Crippen LogP contribution in [-0.4, -0.2) is 61.3 Å². The number of aliphatic hydroxyl groups is 1. The Morgan fingerprint density at radius 1 is 1.30 bits per heavy atom. The fourth-order valence-electron chi connectivity index (χ4n) is 3.25. The number of likely N-dealkylation sites (tertiary alicyclic amines) is 1. The number of halogens is 2. The van der Waals surface area contributed by atoms with Crippen molar-refractivity contribution in [2.24, 2.45) is 4.99 Å². The molecule has 2 rings (SSSR count). The molecule has 1 aromatic rings. The van der Waals surface area contributed by atoms with Crippen LogP contribution in [0.5, 0.6) is 5.75 Å². The second-order valence-electron chi connectivity index (χ2n) is 6.49. The van der Waals surface area contributed by atoms with Crippen LogP contribution in [0.4, 0.5) is 8.78 Å². The molecular weight excluding hydrogens is 354 g/mol. The molecule has 1 heterocycles. The van der Waals surface area contributed by atoms with Gasteiger partial charge in [-0.15, -0.1) is 0 Å². The Bertz CT molecular complexity index is 584. The van der Waals surface area contributed by atoms with Crippen LogP contribution < -0.4 is 15.4 Å². The fraction of sp³-hybridized carbons (Fsp3) is 0.632. The van der Waals surface area contributed by atoms with E-state index in [1.807, 2.05) is 6.92 Å². The molecule has 1 saturated heterocycles. The van der Waals surface area contributed by atoms with Crippen molar-refractivity contribution in [3.05, 3.63) is 29.8 Å². The molecule has 152 valence electrons. The van der Waals surface area contributed by atoms with Gasteiger partial charge in [0.2, 0.25) is 0 Å². The molecule has 3 N–H and O–H groups in total. The summed E-state index contributed by atoms with van der Waals surface area (Å²) in [6, 6.07) is 6.46. The van der Waals surface area contributed by atoms with E-state index in [1.165, 1.54) is 25.0 Å². The first-order chi connectivity index (χ1) is 13.0. The molecule has 0 spiro atoms. The van der Waals surface area contributed by atoms with Crippen LogP contribution in [-0.2, 0) is 0 Å². The predicted octanol–water partition coefficient (Wildman–Crippen LogP) is 2.36. The number of nitrogens with one attached hydrogen (secondary N) is 2. The number of guanidine groups is 1. The van der Waals surface area contributed by atoms with Gasteiger partial charge in [0, 0.05) is 19.1 Å². The lowest BCUT2D eigenvalue weighted by Gasteiger charge is -2.24. The Morgan fingerprint density at radius 3 is 2.67 bits per heavy atom. The highest BCUT2D eigenvalue weighted by atomic mass is 19.3. The Hall–Kier alpha value is -1.93. The average molecular weight is 384 g/mol. The molecule has 0 bridgehead atoms. The number of hydrogen-bond donors (Lipinski definition) is 3. The Balaban J connectivity index is 1.88. The summed E-state index contributed by atoms with van der Waals surface area (Å²) in [6.07, 6.45) is 1.58. The van der Waals surface area contributed by atoms with Gasteiger partial charge in [-0.05, 0) is 50.6 Å². The van der Waals surface area contributed by atoms with Gasteiger partial charge in [-0.25, -0.2) is 0 Å². The lowest BCUT2D eigenvalue weighted by Crippen LogP contribution is -2.45. The van der Waals surface area contributed by atoms with Crippen molar-refractivity contribution in [2.45, 2.75) is 45.4 Å². The molecule has 1 aliphatic rings. The van der Waals surface area contributed by atoms with Crippen molar-refractivity contribution in [1.82, 2.24) is 15.5 Å². The third kappa shape index (κ3) is 6.95. The second-order valence-corrected chi connectivity index (χ2v) is 6.49. The summed E-state index contributed by atoms with van der Waals surface area (Å²) in [4.78, 5) is 6.90. The van der Waals surface area contributed by atoms with Gasteiger partial charge in [0.1, 0.15) is 5.75 Å². The maximum absolute atomic E-state index is 12.2. The first kappa shape index (κ1) is 21.4. The molecule has 1 aromatic carbocycles. The first-order valence-corrected chi connectivity index (χ1v) is 9.52. The zero-order valence-corrected chi connectivity index (χ0v) is 16.0. The minimum Gasteiger partial charge on any atom is -0.435 e. The predicted molar refractivity (Wildman–Crippen MR) is 102 cm³/mol. The molecule has 6 nitrogen and oxygen atoms in total. The molecule has 0 aromatic heterocycles. The largest absolute Gasteiger partial charge is 0.435 e. The van der Waals surface area contributed by atoms with E-state index in [0.29, 0.717) is 17.6 Å². The molecule has 0 aliphatic carbocycles. The van der Waals surface area contributed by atoms with E-state index < -0.39 is 12.7 Å². The fourth-order valence-corrected chi connectivity index (χ4v) is 3.25. The van der Waals surface area contributed by atoms with Gasteiger partial charge in [0.15, 0.2) is 5.96 Å². The maximum atomic E-state index is 12.2. The number of aliphatic hydroxyl groups excluding tert-OH is 1. The van der Waals surface area contributed by atoms with Crippen molar-refractivity contribution in [3.8, 4) is 5.75 Å². The topological polar surface area (TPSA) is 69.1 Å². The highest BCUT2D eigenvalue weighted by Gasteiger charge is 2.22. The van der Waals surface area contributed by atoms with E-state index in [2.05, 4.69) is 32.2 Å². The van der Waals surface area contributed by atoms with Crippen LogP contribution in [0.15, 0.2) is 29.3 Å². The smallest absolute Gasteiger partial charge is 0.387 e. The second kappa shape index (κ2) is 11.0. The summed E-state index contributed by atoms with van der Waals surface area (Å²) in [5.74, 6) is 0.730. The molecule has 2 unspecified atom stereocenters. The number of likely N-dealkylation sites (N-methyl/N-ethyl adjacent to an activating group) is 1. The molecular formula is C19H30F2N4O2. The average Bonchev–Trinajstić information content (AvgIpc) is 3.11. The van der Waals surface area contributed by atoms with Gasteiger partial charge >= 0.3 is 6.61 Å². The number of alkyl halides is 2. The summed E-state index contributed by atoms with van der Waals surface area (Å²) < 4.78 is 28.7. The van der Waals surface area contributed by atoms with E-state index in [9.17, 15) is 13.9 Å². The zero-order valence-electron chi connectivity index (χ0n) is 16.0. The molecule has 1 fully saturated rings. The van der Waals surface area contributed by atoms with E-state index >= 15 is 0 Å². The number of hydrogen-bond acceptors (Lipinski definition) is 4. The molecule has 1 aliphatic heterocycles. The summed E-state index contributed by atoms with van der Waals surface area (Å²) in [7, 11) is 0. The van der Waals surface area contributed by atoms with Crippen molar-refractivity contribution in [3.63, 3.8) is 0 Å². The molecule has 27 heavy (non-hydrogen) atoms. The summed E-state index contributed by atoms with van der Waals surface area (Å²) in [5.41, 5.74) is 0.601. The normalized spacial score (nSPS) is 19.3. The Morgan fingerprint density at radius 2 is 2.04 bits per heavy atom. The van der Waals surface area contributed by atoms with Gasteiger partial charge in [0.05, 0.1) is 12.6 Å². The van der Waals surface area contributed by atoms with Crippen LogP contribution >= 0.6 is 0 Å². The quantitative estimate of drug-likeness (QED) is 0.450. The van der Waals surface area contributed by atoms with Gasteiger partial charge in [-0.3, -0.25) is 9.89 Å². The summed E-state index contributed by atoms with van der Waals surface area (Å²) >= 11 is 0. The maximum Gasteiger partial charge on any atom is 0.387 e. The van der Waals surface area contributed by atoms with Crippen molar-refractivity contribution in [2.75, 3.05) is 32.7 Å². The number of aliphatic imine (C=N–C) groups is 1. The summed E-state index contributed by atoms with van der Waals surface area (Å²) in [6.45, 7) is 5.20. The van der Waals surface area contributed by atoms with E-state index in [0.717, 1.165) is 26.2 Å². The van der Waals surface area contributed by atoms with Gasteiger partial charge in [-0.1, -0.05) is 19.1 Å². The highest BCUT2D eigenvalue weighted by Crippen LogP contribution is 2.19. The van der Waals surface area contributed by atoms with E-state index in [1.54, 1.807) is 12.1 Å². The molecule has 0 amide bonds. The molecule has 8 heteroatoms. The Kier molecular flexibility index (Phi) is 8.74. The molecule has 2 atom stereocenters. The standard InChI is InChI=1S/C19H30F2N4O2/c1-3-22-19(23-12-15-6-5-11-25(15)4-2)24-13-17(26)14-7-9-16(10-8-14)27-18(20)21/h7-10,15,17-18,26H,3-6,11-13H2,1-2H3,(H2,22,23,24). The van der Waals surface area contributed by atoms with Crippen molar-refractivity contribution in [1.29, 1.82) is 0 Å². The Labute approximate surface area is 159 Å². The monoisotopic (exact) mass is 384 g/mol. The summed E-state index contributed by atoms with van der Waals surface area (Å²) in [5, 5.41) is 16.8. The SMILES string of the molecule is CCNC(=NCC(O)c1ccc(OC(F)F)cc1)NCC1CCCN1CC. The van der Waals surface area contributed by atoms with Crippen molar-refractivity contribution >= 4 is 5.96 Å². The third-order valence-electron chi connectivity index (χ3n) is 4.67. The highest BCUT2D eigenvalue weighted by molar-refractivity contribution is 5.79. The minimum absolute atomic E-state index is 0.0662. The van der Waals surface area contributed by atoms with Crippen LogP contribution in [0.1, 0.15) is 38.4 Å². The lowest BCUT2D eigenvalue weighted by molar-refractivity contribution is -0.0498.